The molecule has 1 aliphatic rings. The van der Waals surface area contributed by atoms with Crippen LogP contribution in [0.1, 0.15) is 11.5 Å². The fourth-order valence-electron chi connectivity index (χ4n) is 2.58. The number of fused-ring (bicyclic) bond motifs is 1. The second kappa shape index (κ2) is 7.04. The summed E-state index contributed by atoms with van der Waals surface area (Å²) in [6.45, 7) is 0.550. The molecular formula is C17H18N4O3S. The Kier molecular flexibility index (Phi) is 4.82. The van der Waals surface area contributed by atoms with Gasteiger partial charge in [0.1, 0.15) is 11.2 Å². The Morgan fingerprint density at radius 1 is 1.12 bits per heavy atom. The van der Waals surface area contributed by atoms with Gasteiger partial charge in [-0.15, -0.1) is 0 Å². The van der Waals surface area contributed by atoms with Gasteiger partial charge in [0.05, 0.1) is 5.69 Å². The zero-order valence-electron chi connectivity index (χ0n) is 13.4. The Hall–Kier alpha value is -2.71. The molecule has 0 saturated carbocycles. The number of nitrogens with zero attached hydrogens (tertiary/aromatic N) is 2. The van der Waals surface area contributed by atoms with E-state index in [2.05, 4.69) is 10.3 Å². The molecule has 0 bridgehead atoms. The van der Waals surface area contributed by atoms with Crippen molar-refractivity contribution in [3.8, 4) is 0 Å². The van der Waals surface area contributed by atoms with E-state index in [1.54, 1.807) is 18.2 Å². The summed E-state index contributed by atoms with van der Waals surface area (Å²) >= 11 is 0. The molecule has 3 N–H and O–H groups in total. The van der Waals surface area contributed by atoms with Gasteiger partial charge in [0.15, 0.2) is 0 Å². The maximum Gasteiger partial charge on any atom is 0.336 e. The van der Waals surface area contributed by atoms with Gasteiger partial charge in [0.2, 0.25) is 0 Å². The lowest BCUT2D eigenvalue weighted by Crippen LogP contribution is -2.45. The second-order valence-electron chi connectivity index (χ2n) is 5.54. The summed E-state index contributed by atoms with van der Waals surface area (Å²) in [6, 6.07) is 15.0. The van der Waals surface area contributed by atoms with Gasteiger partial charge in [-0.2, -0.15) is 4.31 Å². The van der Waals surface area contributed by atoms with Crippen molar-refractivity contribution >= 4 is 28.1 Å². The molecule has 25 heavy (non-hydrogen) atoms. The van der Waals surface area contributed by atoms with Crippen molar-refractivity contribution < 1.29 is 13.2 Å². The molecule has 3 rings (SSSR count). The fraction of sp³-hybridized carbons (Fsp3) is 0.176. The highest BCUT2D eigenvalue weighted by Crippen LogP contribution is 2.29. The van der Waals surface area contributed by atoms with Crippen LogP contribution in [0.15, 0.2) is 64.5 Å². The Morgan fingerprint density at radius 3 is 2.52 bits per heavy atom. The standard InChI is InChI=1S/C17H18N4O3S/c18-10-14(13-6-2-1-3-7-13)11-19-17(22)21-12-20-15-8-4-5-9-16(15)25(21,23)24/h1-9,12,14H,10-11,18H2,(H,19,22). The Labute approximate surface area is 146 Å². The summed E-state index contributed by atoms with van der Waals surface area (Å²) in [4.78, 5) is 16.4. The average Bonchev–Trinajstić information content (AvgIpc) is 2.63. The number of nitrogens with two attached hydrogens (primary N) is 1. The van der Waals surface area contributed by atoms with E-state index in [0.29, 0.717) is 16.5 Å². The first-order valence-electron chi connectivity index (χ1n) is 7.74. The second-order valence-corrected chi connectivity index (χ2v) is 7.33. The lowest BCUT2D eigenvalue weighted by Gasteiger charge is -2.24. The monoisotopic (exact) mass is 358 g/mol. The van der Waals surface area contributed by atoms with Crippen LogP contribution in [0.25, 0.3) is 0 Å². The van der Waals surface area contributed by atoms with Gasteiger partial charge in [0, 0.05) is 19.0 Å². The summed E-state index contributed by atoms with van der Waals surface area (Å²) in [6.07, 6.45) is 1.02. The number of sulfonamides is 1. The largest absolute Gasteiger partial charge is 0.336 e. The molecule has 1 atom stereocenters. The molecule has 1 aliphatic heterocycles. The Balaban J connectivity index is 1.74. The van der Waals surface area contributed by atoms with Crippen molar-refractivity contribution in [3.63, 3.8) is 0 Å². The predicted molar refractivity (Wildman–Crippen MR) is 95.3 cm³/mol. The van der Waals surface area contributed by atoms with Crippen molar-refractivity contribution in [2.45, 2.75) is 10.8 Å². The number of para-hydroxylation sites is 1. The molecule has 0 radical (unpaired) electrons. The third-order valence-electron chi connectivity index (χ3n) is 3.96. The van der Waals surface area contributed by atoms with E-state index in [-0.39, 0.29) is 17.4 Å². The first kappa shape index (κ1) is 17.1. The molecule has 1 heterocycles. The Bertz CT molecular complexity index is 897. The van der Waals surface area contributed by atoms with E-state index in [0.717, 1.165) is 11.9 Å². The van der Waals surface area contributed by atoms with Crippen LogP contribution in [0.2, 0.25) is 0 Å². The maximum atomic E-state index is 12.6. The molecule has 0 aliphatic carbocycles. The third-order valence-corrected chi connectivity index (χ3v) is 5.64. The van der Waals surface area contributed by atoms with Gasteiger partial charge in [-0.05, 0) is 17.7 Å². The number of urea groups is 1. The highest BCUT2D eigenvalue weighted by molar-refractivity contribution is 7.90. The van der Waals surface area contributed by atoms with Gasteiger partial charge < -0.3 is 11.1 Å². The fourth-order valence-corrected chi connectivity index (χ4v) is 3.88. The summed E-state index contributed by atoms with van der Waals surface area (Å²) in [5.74, 6) is -0.109. The number of hydrogen-bond acceptors (Lipinski definition) is 5. The highest BCUT2D eigenvalue weighted by Gasteiger charge is 2.33. The van der Waals surface area contributed by atoms with E-state index in [1.165, 1.54) is 6.07 Å². The van der Waals surface area contributed by atoms with Crippen LogP contribution in [0.5, 0.6) is 0 Å². The minimum Gasteiger partial charge on any atom is -0.336 e. The minimum absolute atomic E-state index is 0.00563. The minimum atomic E-state index is -3.96. The smallest absolute Gasteiger partial charge is 0.336 e. The number of aliphatic imine (C=N–C) groups is 1. The molecular weight excluding hydrogens is 340 g/mol. The van der Waals surface area contributed by atoms with Crippen LogP contribution >= 0.6 is 0 Å². The predicted octanol–water partition coefficient (Wildman–Crippen LogP) is 1.80. The SMILES string of the molecule is NCC(CNC(=O)N1C=Nc2ccccc2S1(=O)=O)c1ccccc1. The van der Waals surface area contributed by atoms with E-state index >= 15 is 0 Å². The number of carbonyl (C=O) groups is 1. The summed E-state index contributed by atoms with van der Waals surface area (Å²) in [7, 11) is -3.96. The first-order valence-corrected chi connectivity index (χ1v) is 9.18. The van der Waals surface area contributed by atoms with Gasteiger partial charge in [-0.3, -0.25) is 0 Å². The number of amides is 2. The normalized spacial score (nSPS) is 16.1. The van der Waals surface area contributed by atoms with Gasteiger partial charge >= 0.3 is 6.03 Å². The third kappa shape index (κ3) is 3.40. The number of hydrogen-bond donors (Lipinski definition) is 2. The zero-order chi connectivity index (χ0) is 17.9. The molecule has 0 saturated heterocycles. The number of benzene rings is 2. The molecule has 130 valence electrons. The average molecular weight is 358 g/mol. The van der Waals surface area contributed by atoms with Crippen molar-refractivity contribution in [2.24, 2.45) is 10.7 Å². The van der Waals surface area contributed by atoms with Crippen molar-refractivity contribution in [1.82, 2.24) is 9.62 Å². The van der Waals surface area contributed by atoms with E-state index in [1.807, 2.05) is 30.3 Å². The van der Waals surface area contributed by atoms with Crippen LogP contribution < -0.4 is 11.1 Å². The zero-order valence-corrected chi connectivity index (χ0v) is 14.2. The van der Waals surface area contributed by atoms with Crippen LogP contribution in [0.3, 0.4) is 0 Å². The first-order chi connectivity index (χ1) is 12.0. The highest BCUT2D eigenvalue weighted by atomic mass is 32.2. The lowest BCUT2D eigenvalue weighted by molar-refractivity contribution is 0.234. The summed E-state index contributed by atoms with van der Waals surface area (Å²) < 4.78 is 25.8. The van der Waals surface area contributed by atoms with Crippen LogP contribution in [-0.4, -0.2) is 38.2 Å². The van der Waals surface area contributed by atoms with Gasteiger partial charge in [-0.1, -0.05) is 42.5 Å². The van der Waals surface area contributed by atoms with E-state index in [9.17, 15) is 13.2 Å². The van der Waals surface area contributed by atoms with Crippen molar-refractivity contribution in [2.75, 3.05) is 13.1 Å². The molecule has 2 aromatic rings. The number of rotatable bonds is 4. The van der Waals surface area contributed by atoms with Crippen LogP contribution in [0, 0.1) is 0 Å². The maximum absolute atomic E-state index is 12.6. The number of carbonyl (C=O) groups excluding carboxylic acids is 1. The van der Waals surface area contributed by atoms with E-state index < -0.39 is 16.1 Å². The van der Waals surface area contributed by atoms with Gasteiger partial charge in [-0.25, -0.2) is 18.2 Å². The molecule has 0 aromatic heterocycles. The molecule has 7 nitrogen and oxygen atoms in total. The Morgan fingerprint density at radius 2 is 1.80 bits per heavy atom. The molecule has 2 amide bonds. The van der Waals surface area contributed by atoms with E-state index in [4.69, 9.17) is 5.73 Å². The summed E-state index contributed by atoms with van der Waals surface area (Å²) in [5, 5.41) is 2.62. The van der Waals surface area contributed by atoms with Crippen LogP contribution in [-0.2, 0) is 10.0 Å². The topological polar surface area (TPSA) is 105 Å². The molecule has 2 aromatic carbocycles. The van der Waals surface area contributed by atoms with Gasteiger partial charge in [0.25, 0.3) is 10.0 Å². The molecule has 0 spiro atoms. The van der Waals surface area contributed by atoms with Crippen molar-refractivity contribution in [1.29, 1.82) is 0 Å². The summed E-state index contributed by atoms with van der Waals surface area (Å²) in [5.41, 5.74) is 7.07. The van der Waals surface area contributed by atoms with Crippen LogP contribution in [0.4, 0.5) is 10.5 Å². The molecule has 1 unspecified atom stereocenters. The molecule has 0 fully saturated rings. The lowest BCUT2D eigenvalue weighted by atomic mass is 9.99. The van der Waals surface area contributed by atoms with Crippen molar-refractivity contribution in [3.05, 3.63) is 60.2 Å². The number of nitrogens with one attached hydrogen (secondary N) is 1. The molecule has 8 heteroatoms. The quantitative estimate of drug-likeness (QED) is 0.869.